The van der Waals surface area contributed by atoms with Crippen LogP contribution in [0.1, 0.15) is 45.6 Å². The highest BCUT2D eigenvalue weighted by atomic mass is 79.9. The SMILES string of the molecule is Cc1ccc(NC2CCC(NC(=O)OC(C)(C)C)C2)c(Br)c1. The quantitative estimate of drug-likeness (QED) is 0.818. The average Bonchev–Trinajstić information content (AvgIpc) is 2.77. The lowest BCUT2D eigenvalue weighted by Gasteiger charge is -2.22. The highest BCUT2D eigenvalue weighted by molar-refractivity contribution is 9.10. The summed E-state index contributed by atoms with van der Waals surface area (Å²) in [6.07, 6.45) is 2.61. The van der Waals surface area contributed by atoms with Crippen molar-refractivity contribution in [1.29, 1.82) is 0 Å². The van der Waals surface area contributed by atoms with Crippen molar-refractivity contribution in [2.75, 3.05) is 5.32 Å². The van der Waals surface area contributed by atoms with Gasteiger partial charge < -0.3 is 15.4 Å². The molecule has 0 aliphatic heterocycles. The Morgan fingerprint density at radius 3 is 2.59 bits per heavy atom. The Labute approximate surface area is 141 Å². The van der Waals surface area contributed by atoms with Gasteiger partial charge in [-0.3, -0.25) is 0 Å². The van der Waals surface area contributed by atoms with Gasteiger partial charge in [0.1, 0.15) is 5.60 Å². The van der Waals surface area contributed by atoms with E-state index < -0.39 is 5.60 Å². The van der Waals surface area contributed by atoms with Gasteiger partial charge in [-0.2, -0.15) is 0 Å². The number of halogens is 1. The molecule has 1 amide bonds. The lowest BCUT2D eigenvalue weighted by molar-refractivity contribution is 0.0505. The molecule has 22 heavy (non-hydrogen) atoms. The minimum absolute atomic E-state index is 0.177. The van der Waals surface area contributed by atoms with Gasteiger partial charge in [0.15, 0.2) is 0 Å². The number of carbonyl (C=O) groups excluding carboxylic acids is 1. The van der Waals surface area contributed by atoms with E-state index in [1.54, 1.807) is 0 Å². The van der Waals surface area contributed by atoms with Gasteiger partial charge in [-0.25, -0.2) is 4.79 Å². The lowest BCUT2D eigenvalue weighted by Crippen LogP contribution is -2.38. The molecule has 1 saturated carbocycles. The fourth-order valence-corrected chi connectivity index (χ4v) is 3.28. The molecule has 1 aliphatic carbocycles. The highest BCUT2D eigenvalue weighted by Gasteiger charge is 2.27. The van der Waals surface area contributed by atoms with Crippen molar-refractivity contribution in [3.63, 3.8) is 0 Å². The number of aryl methyl sites for hydroxylation is 1. The monoisotopic (exact) mass is 368 g/mol. The molecule has 0 radical (unpaired) electrons. The number of alkyl carbamates (subject to hydrolysis) is 1. The van der Waals surface area contributed by atoms with Crippen molar-refractivity contribution >= 4 is 27.7 Å². The predicted octanol–water partition coefficient (Wildman–Crippen LogP) is 4.62. The van der Waals surface area contributed by atoms with Gasteiger partial charge in [0, 0.05) is 22.2 Å². The maximum absolute atomic E-state index is 11.8. The second kappa shape index (κ2) is 6.90. The summed E-state index contributed by atoms with van der Waals surface area (Å²) in [5.41, 5.74) is 1.88. The van der Waals surface area contributed by atoms with Crippen LogP contribution in [0.15, 0.2) is 22.7 Å². The van der Waals surface area contributed by atoms with Gasteiger partial charge in [-0.15, -0.1) is 0 Å². The number of nitrogens with one attached hydrogen (secondary N) is 2. The fourth-order valence-electron chi connectivity index (χ4n) is 2.68. The molecule has 2 rings (SSSR count). The molecule has 0 heterocycles. The number of ether oxygens (including phenoxy) is 1. The van der Waals surface area contributed by atoms with Crippen LogP contribution >= 0.6 is 15.9 Å². The van der Waals surface area contributed by atoms with E-state index >= 15 is 0 Å². The molecular weight excluding hydrogens is 344 g/mol. The van der Waals surface area contributed by atoms with E-state index in [-0.39, 0.29) is 12.1 Å². The van der Waals surface area contributed by atoms with Gasteiger partial charge in [-0.05, 0) is 80.6 Å². The van der Waals surface area contributed by atoms with Gasteiger partial charge in [-0.1, -0.05) is 6.07 Å². The summed E-state index contributed by atoms with van der Waals surface area (Å²) >= 11 is 3.59. The topological polar surface area (TPSA) is 50.4 Å². The molecule has 1 aromatic carbocycles. The van der Waals surface area contributed by atoms with Crippen LogP contribution in [0, 0.1) is 6.92 Å². The predicted molar refractivity (Wildman–Crippen MR) is 93.3 cm³/mol. The maximum atomic E-state index is 11.8. The molecule has 5 heteroatoms. The molecule has 0 aromatic heterocycles. The molecule has 0 saturated heterocycles. The van der Waals surface area contributed by atoms with Crippen LogP contribution in [-0.2, 0) is 4.74 Å². The molecule has 2 unspecified atom stereocenters. The maximum Gasteiger partial charge on any atom is 0.407 e. The molecule has 2 atom stereocenters. The second-order valence-electron chi connectivity index (χ2n) is 6.98. The third kappa shape index (κ3) is 5.20. The first kappa shape index (κ1) is 17.1. The molecule has 4 nitrogen and oxygen atoms in total. The van der Waals surface area contributed by atoms with Crippen LogP contribution < -0.4 is 10.6 Å². The number of rotatable bonds is 3. The Morgan fingerprint density at radius 2 is 1.95 bits per heavy atom. The van der Waals surface area contributed by atoms with Crippen LogP contribution in [-0.4, -0.2) is 23.8 Å². The normalized spacial score (nSPS) is 21.5. The van der Waals surface area contributed by atoms with Crippen LogP contribution in [0.2, 0.25) is 0 Å². The minimum atomic E-state index is -0.451. The zero-order chi connectivity index (χ0) is 16.3. The number of carbonyl (C=O) groups is 1. The summed E-state index contributed by atoms with van der Waals surface area (Å²) in [5, 5.41) is 6.51. The summed E-state index contributed by atoms with van der Waals surface area (Å²) in [5.74, 6) is 0. The van der Waals surface area contributed by atoms with E-state index in [0.29, 0.717) is 6.04 Å². The van der Waals surface area contributed by atoms with E-state index in [4.69, 9.17) is 4.74 Å². The van der Waals surface area contributed by atoms with Crippen molar-refractivity contribution in [2.45, 2.75) is 64.6 Å². The standard InChI is InChI=1S/C17H25BrN2O2/c1-11-5-8-15(14(18)9-11)19-12-6-7-13(10-12)20-16(21)22-17(2,3)4/h5,8-9,12-13,19H,6-7,10H2,1-4H3,(H,20,21). The third-order valence-corrected chi connectivity index (χ3v) is 4.29. The van der Waals surface area contributed by atoms with E-state index in [1.807, 2.05) is 20.8 Å². The number of anilines is 1. The van der Waals surface area contributed by atoms with Crippen LogP contribution in [0.5, 0.6) is 0 Å². The molecule has 2 N–H and O–H groups in total. The molecule has 0 bridgehead atoms. The molecule has 1 aliphatic rings. The Bertz CT molecular complexity index is 540. The Hall–Kier alpha value is -1.23. The van der Waals surface area contributed by atoms with Crippen LogP contribution in [0.3, 0.4) is 0 Å². The van der Waals surface area contributed by atoms with Gasteiger partial charge in [0.2, 0.25) is 0 Å². The number of benzene rings is 1. The minimum Gasteiger partial charge on any atom is -0.444 e. The van der Waals surface area contributed by atoms with Crippen molar-refractivity contribution in [1.82, 2.24) is 5.32 Å². The Balaban J connectivity index is 1.84. The lowest BCUT2D eigenvalue weighted by atomic mass is 10.2. The number of hydrogen-bond donors (Lipinski definition) is 2. The molecule has 0 spiro atoms. The zero-order valence-corrected chi connectivity index (χ0v) is 15.3. The second-order valence-corrected chi connectivity index (χ2v) is 7.84. The van der Waals surface area contributed by atoms with Crippen LogP contribution in [0.4, 0.5) is 10.5 Å². The van der Waals surface area contributed by atoms with Crippen molar-refractivity contribution in [3.05, 3.63) is 28.2 Å². The molecule has 122 valence electrons. The number of amides is 1. The summed E-state index contributed by atoms with van der Waals surface area (Å²) in [4.78, 5) is 11.8. The summed E-state index contributed by atoms with van der Waals surface area (Å²) in [6.45, 7) is 7.70. The number of hydrogen-bond acceptors (Lipinski definition) is 3. The van der Waals surface area contributed by atoms with E-state index in [0.717, 1.165) is 29.4 Å². The fraction of sp³-hybridized carbons (Fsp3) is 0.588. The molecule has 1 aromatic rings. The first-order valence-electron chi connectivity index (χ1n) is 7.75. The van der Waals surface area contributed by atoms with Crippen molar-refractivity contribution < 1.29 is 9.53 Å². The van der Waals surface area contributed by atoms with Gasteiger partial charge in [0.05, 0.1) is 0 Å². The zero-order valence-electron chi connectivity index (χ0n) is 13.7. The van der Waals surface area contributed by atoms with Crippen molar-refractivity contribution in [2.24, 2.45) is 0 Å². The summed E-state index contributed by atoms with van der Waals surface area (Å²) in [6, 6.07) is 6.84. The van der Waals surface area contributed by atoms with E-state index in [2.05, 4.69) is 51.7 Å². The largest absolute Gasteiger partial charge is 0.444 e. The Kier molecular flexibility index (Phi) is 5.37. The molecule has 1 fully saturated rings. The first-order chi connectivity index (χ1) is 10.2. The highest BCUT2D eigenvalue weighted by Crippen LogP contribution is 2.28. The average molecular weight is 369 g/mol. The van der Waals surface area contributed by atoms with Crippen LogP contribution in [0.25, 0.3) is 0 Å². The van der Waals surface area contributed by atoms with E-state index in [1.165, 1.54) is 5.56 Å². The van der Waals surface area contributed by atoms with Gasteiger partial charge >= 0.3 is 6.09 Å². The summed E-state index contributed by atoms with van der Waals surface area (Å²) < 4.78 is 6.39. The smallest absolute Gasteiger partial charge is 0.407 e. The Morgan fingerprint density at radius 1 is 1.27 bits per heavy atom. The third-order valence-electron chi connectivity index (χ3n) is 3.64. The first-order valence-corrected chi connectivity index (χ1v) is 8.54. The van der Waals surface area contributed by atoms with Gasteiger partial charge in [0.25, 0.3) is 0 Å². The van der Waals surface area contributed by atoms with Crippen molar-refractivity contribution in [3.8, 4) is 0 Å². The summed E-state index contributed by atoms with van der Waals surface area (Å²) in [7, 11) is 0. The van der Waals surface area contributed by atoms with E-state index in [9.17, 15) is 4.79 Å². The molecular formula is C17H25BrN2O2.